The maximum atomic E-state index is 16.4. The van der Waals surface area contributed by atoms with Crippen molar-refractivity contribution in [1.29, 1.82) is 0 Å². The SMILES string of the molecule is CCCCCCCCCCN(Cc1c(O)cc2c(c1O)-c1cc(ccc1O)[C@@H]1NC(=O)[C@H]3NC(=O)[C@H]4NC(=O)[C@H](Cc5ccc(c(Cl)c5)Oc5cc3cc(c5O)Oc3ccc(cc3Cl)C(O)[C@H](NC1=O)C(=O)N[C@@H]2C(=O)NCCCN(C)C)NC(=O)[C@H](NC(=O)OC(C)(C)C)c1ccc(O)c(c1)Oc1cc(O)cc4c1)C(=O)C(N)CCCCN. The Morgan fingerprint density at radius 3 is 1.84 bits per heavy atom. The molecule has 0 saturated heterocycles. The summed E-state index contributed by atoms with van der Waals surface area (Å²) < 4.78 is 24.5. The van der Waals surface area contributed by atoms with E-state index in [4.69, 9.17) is 53.6 Å². The van der Waals surface area contributed by atoms with E-state index in [0.29, 0.717) is 45.2 Å². The number of hydrogen-bond acceptors (Lipinski definition) is 23. The van der Waals surface area contributed by atoms with Crippen molar-refractivity contribution in [1.82, 2.24) is 52.3 Å². The zero-order chi connectivity index (χ0) is 85.8. The number of phenolic OH excluding ortho intramolecular Hbond substituents is 6. The lowest BCUT2D eigenvalue weighted by atomic mass is 9.87. The van der Waals surface area contributed by atoms with Gasteiger partial charge in [-0.25, -0.2) is 4.79 Å². The number of aromatic hydroxyl groups is 6. The van der Waals surface area contributed by atoms with Crippen LogP contribution < -0.4 is 68.2 Å². The normalized spacial score (nSPS) is 19.5. The second kappa shape index (κ2) is 38.7. The van der Waals surface area contributed by atoms with E-state index in [9.17, 15) is 45.3 Å². The molecule has 0 aliphatic carbocycles. The summed E-state index contributed by atoms with van der Waals surface area (Å²) in [5.41, 5.74) is 8.87. The van der Waals surface area contributed by atoms with Crippen molar-refractivity contribution in [3.63, 3.8) is 0 Å². The summed E-state index contributed by atoms with van der Waals surface area (Å²) in [4.78, 5) is 142. The Hall–Kier alpha value is -11.8. The first-order valence-corrected chi connectivity index (χ1v) is 40.2. The van der Waals surface area contributed by atoms with Gasteiger partial charge in [0.2, 0.25) is 53.0 Å². The van der Waals surface area contributed by atoms with Crippen molar-refractivity contribution in [2.24, 2.45) is 11.5 Å². The number of halogens is 2. The van der Waals surface area contributed by atoms with E-state index in [1.807, 2.05) is 19.0 Å². The number of unbranched alkanes of at least 4 members (excludes halogenated alkanes) is 8. The van der Waals surface area contributed by atoms with Gasteiger partial charge in [0.15, 0.2) is 23.0 Å². The van der Waals surface area contributed by atoms with Gasteiger partial charge in [0.25, 0.3) is 0 Å². The van der Waals surface area contributed by atoms with Gasteiger partial charge in [-0.05, 0) is 191 Å². The molecule has 9 amide bonds. The number of carbonyl (C=O) groups excluding carboxylic acids is 9. The van der Waals surface area contributed by atoms with Crippen LogP contribution in [0.1, 0.15) is 186 Å². The average Bonchev–Trinajstić information content (AvgIpc) is 0.750. The van der Waals surface area contributed by atoms with Gasteiger partial charge in [-0.1, -0.05) is 106 Å². The number of aliphatic hydroxyl groups is 1. The molecule has 0 aromatic heterocycles. The number of rotatable bonds is 22. The van der Waals surface area contributed by atoms with Crippen molar-refractivity contribution < 1.29 is 97.8 Å². The van der Waals surface area contributed by atoms with Gasteiger partial charge in [0, 0.05) is 36.7 Å². The molecule has 13 rings (SSSR count). The van der Waals surface area contributed by atoms with Gasteiger partial charge in [-0.3, -0.25) is 38.4 Å². The van der Waals surface area contributed by atoms with E-state index in [1.54, 1.807) is 20.8 Å². The molecule has 34 heteroatoms. The smallest absolute Gasteiger partial charge is 0.408 e. The van der Waals surface area contributed by atoms with Crippen LogP contribution in [0.3, 0.4) is 0 Å². The fraction of sp³-hybridized carbons (Fsp3) is 0.400. The predicted octanol–water partition coefficient (Wildman–Crippen LogP) is 9.46. The summed E-state index contributed by atoms with van der Waals surface area (Å²) >= 11 is 14.1. The summed E-state index contributed by atoms with van der Waals surface area (Å²) in [6.07, 6.45) is 5.15. The van der Waals surface area contributed by atoms with Crippen LogP contribution in [0.4, 0.5) is 4.79 Å². The van der Waals surface area contributed by atoms with E-state index in [-0.39, 0.29) is 97.1 Å². The summed E-state index contributed by atoms with van der Waals surface area (Å²) in [6, 6.07) is 6.00. The number of nitrogens with one attached hydrogen (secondary N) is 8. The lowest BCUT2D eigenvalue weighted by Gasteiger charge is -2.32. The summed E-state index contributed by atoms with van der Waals surface area (Å²) in [5, 5.41) is 107. The zero-order valence-corrected chi connectivity index (χ0v) is 68.1. The minimum absolute atomic E-state index is 0.0146. The van der Waals surface area contributed by atoms with E-state index in [0.717, 1.165) is 93.1 Å². The average molecular weight is 1680 g/mol. The molecular weight excluding hydrogens is 1580 g/mol. The van der Waals surface area contributed by atoms with Crippen molar-refractivity contribution >= 4 is 76.6 Å². The third-order valence-electron chi connectivity index (χ3n) is 20.7. The Labute approximate surface area is 696 Å². The Balaban J connectivity index is 1.11. The van der Waals surface area contributed by atoms with Gasteiger partial charge in [0.05, 0.1) is 28.2 Å². The number of fused-ring (bicyclic) bond motifs is 14. The molecule has 6 aliphatic rings. The molecule has 119 heavy (non-hydrogen) atoms. The third kappa shape index (κ3) is 21.6. The molecule has 7 aromatic carbocycles. The number of alkyl carbamates (subject to hydrolysis) is 1. The number of amides is 9. The minimum atomic E-state index is -2.26. The number of benzene rings is 7. The number of nitrogens with zero attached hydrogens (tertiary/aromatic N) is 2. The molecular formula is C85H100Cl2N12O20. The molecule has 6 heterocycles. The molecule has 634 valence electrons. The number of carbonyl (C=O) groups is 9. The molecule has 6 aliphatic heterocycles. The predicted molar refractivity (Wildman–Crippen MR) is 438 cm³/mol. The Morgan fingerprint density at radius 2 is 1.18 bits per heavy atom. The number of phenols is 6. The fourth-order valence-corrected chi connectivity index (χ4v) is 15.0. The van der Waals surface area contributed by atoms with Crippen LogP contribution in [-0.4, -0.2) is 163 Å². The van der Waals surface area contributed by atoms with Gasteiger partial charge >= 0.3 is 6.09 Å². The highest BCUT2D eigenvalue weighted by molar-refractivity contribution is 6.32. The quantitative estimate of drug-likeness (QED) is 0.0281. The third-order valence-corrected chi connectivity index (χ3v) is 21.3. The Bertz CT molecular complexity index is 5010. The first kappa shape index (κ1) is 88.0. The highest BCUT2D eigenvalue weighted by Gasteiger charge is 2.43. The van der Waals surface area contributed by atoms with Crippen LogP contribution >= 0.6 is 23.2 Å². The summed E-state index contributed by atoms with van der Waals surface area (Å²) in [6.45, 7) is 7.22. The van der Waals surface area contributed by atoms with Crippen molar-refractivity contribution in [3.05, 3.63) is 164 Å². The molecule has 0 spiro atoms. The molecule has 2 unspecified atom stereocenters. The second-order valence-electron chi connectivity index (χ2n) is 31.2. The Kier molecular flexibility index (Phi) is 28.6. The van der Waals surface area contributed by atoms with E-state index in [2.05, 4.69) is 49.5 Å². The van der Waals surface area contributed by atoms with Gasteiger partial charge in [0.1, 0.15) is 94.2 Å². The summed E-state index contributed by atoms with van der Waals surface area (Å²) in [7, 11) is 3.62. The molecule has 32 nitrogen and oxygen atoms in total. The van der Waals surface area contributed by atoms with Crippen LogP contribution in [0.2, 0.25) is 10.0 Å². The largest absolute Gasteiger partial charge is 0.508 e. The highest BCUT2D eigenvalue weighted by atomic mass is 35.5. The van der Waals surface area contributed by atoms with Crippen LogP contribution in [0.25, 0.3) is 11.1 Å². The Morgan fingerprint density at radius 1 is 0.580 bits per heavy atom. The number of aliphatic hydroxyl groups excluding tert-OH is 1. The lowest BCUT2D eigenvalue weighted by Crippen LogP contribution is -2.56. The van der Waals surface area contributed by atoms with E-state index < -0.39 is 183 Å². The molecule has 9 atom stereocenters. The second-order valence-corrected chi connectivity index (χ2v) is 32.0. The number of nitrogens with two attached hydrogens (primary N) is 2. The van der Waals surface area contributed by atoms with Crippen molar-refractivity contribution in [2.45, 2.75) is 178 Å². The van der Waals surface area contributed by atoms with Crippen LogP contribution in [-0.2, 0) is 56.1 Å². The number of ether oxygens (including phenoxy) is 4. The van der Waals surface area contributed by atoms with Crippen LogP contribution in [0.5, 0.6) is 69.0 Å². The van der Waals surface area contributed by atoms with E-state index in [1.165, 1.54) is 59.5 Å². The zero-order valence-electron chi connectivity index (χ0n) is 66.6. The molecule has 19 N–H and O–H groups in total. The highest BCUT2D eigenvalue weighted by Crippen LogP contribution is 2.50. The van der Waals surface area contributed by atoms with Crippen molar-refractivity contribution in [3.8, 4) is 80.1 Å². The van der Waals surface area contributed by atoms with Gasteiger partial charge < -0.3 is 118 Å². The minimum Gasteiger partial charge on any atom is -0.508 e. The first-order chi connectivity index (χ1) is 56.7. The van der Waals surface area contributed by atoms with E-state index >= 15 is 33.6 Å². The van der Waals surface area contributed by atoms with Gasteiger partial charge in [-0.15, -0.1) is 0 Å². The summed E-state index contributed by atoms with van der Waals surface area (Å²) in [5.74, 6) is -15.3. The fourth-order valence-electron chi connectivity index (χ4n) is 14.5. The molecule has 0 radical (unpaired) electrons. The van der Waals surface area contributed by atoms with Crippen LogP contribution in [0.15, 0.2) is 109 Å². The molecule has 0 fully saturated rings. The van der Waals surface area contributed by atoms with Gasteiger partial charge in [-0.2, -0.15) is 0 Å². The maximum absolute atomic E-state index is 16.4. The maximum Gasteiger partial charge on any atom is 0.408 e. The first-order valence-electron chi connectivity index (χ1n) is 39.4. The van der Waals surface area contributed by atoms with Crippen LogP contribution in [0, 0.1) is 0 Å². The lowest BCUT2D eigenvalue weighted by molar-refractivity contribution is -0.137. The number of hydrogen-bond donors (Lipinski definition) is 17. The topological polar surface area (TPSA) is 487 Å². The molecule has 17 bridgehead atoms. The molecule has 0 saturated carbocycles. The standard InChI is InChI=1S/C85H100Cl2N12O20/c1-7-8-9-10-11-12-13-16-30-99(83(114)56(89)18-14-15-27-88)42-53-60(103)41-52-66(74(53)105)51-35-44(20-23-58(51)101)67-79(110)96-72(82(113)95-71(52)77(108)90-28-17-29-98(5)6)73(104)46-22-26-62(55(87)36-46)118-65-39-48-38-64(75(65)106)117-61-25-19-43(31-54(61)86)32-57-76(107)92-69(80(111)94-70(48)81(112)93-67)47-33-49(100)40-50(34-47)116-63-37-45(21-24-59(63)102)68(78(109)91-57)97-84(115)119-85(2,3)4/h19-26,31,33-41,56-57,67-73,100-106H,7-18,27-30,32,42,88-89H2,1-6H3,(H,90,108)(H,91,109)(H,92,107)(H,93,112)(H,94,111)(H,95,113)(H,96,110)(H,97,115)/t56?,57-,67-,68+,69-,70-,71-,72-,73?/m0/s1. The monoisotopic (exact) mass is 1680 g/mol. The molecule has 7 aromatic rings. The van der Waals surface area contributed by atoms with Crippen molar-refractivity contribution in [2.75, 3.05) is 40.3 Å².